The number of hydrogen-bond acceptors (Lipinski definition) is 10. The highest BCUT2D eigenvalue weighted by Gasteiger charge is 2.54. The van der Waals surface area contributed by atoms with Crippen molar-refractivity contribution < 1.29 is 31.9 Å². The molecule has 0 radical (unpaired) electrons. The normalized spacial score (nSPS) is 26.1. The Morgan fingerprint density at radius 2 is 1.85 bits per heavy atom. The lowest BCUT2D eigenvalue weighted by molar-refractivity contribution is -0.0945. The van der Waals surface area contributed by atoms with Gasteiger partial charge >= 0.3 is 12.3 Å². The summed E-state index contributed by atoms with van der Waals surface area (Å²) in [5.41, 5.74) is 4.35. The summed E-state index contributed by atoms with van der Waals surface area (Å²) in [7, 11) is -2.14. The molecule has 0 bridgehead atoms. The zero-order chi connectivity index (χ0) is 29.0. The zero-order valence-electron chi connectivity index (χ0n) is 23.3. The third-order valence-electron chi connectivity index (χ3n) is 8.31. The summed E-state index contributed by atoms with van der Waals surface area (Å²) < 4.78 is 59.9. The molecule has 1 aromatic heterocycles. The zero-order valence-corrected chi connectivity index (χ0v) is 24.3. The lowest BCUT2D eigenvalue weighted by Gasteiger charge is -2.39. The van der Waals surface area contributed by atoms with E-state index >= 15 is 0 Å². The average molecular weight is 584 g/mol. The molecule has 3 fully saturated rings. The van der Waals surface area contributed by atoms with E-state index in [1.54, 1.807) is 0 Å². The Kier molecular flexibility index (Phi) is 7.28. The Balaban J connectivity index is 1.53. The smallest absolute Gasteiger partial charge is 0.431 e. The van der Waals surface area contributed by atoms with E-state index in [2.05, 4.69) is 54.1 Å². The fraction of sp³-hybridized carbons (Fsp3) is 0.680. The highest BCUT2D eigenvalue weighted by molar-refractivity contribution is 6.74. The van der Waals surface area contributed by atoms with Gasteiger partial charge < -0.3 is 29.9 Å². The summed E-state index contributed by atoms with van der Waals surface area (Å²) >= 11 is 0. The quantitative estimate of drug-likeness (QED) is 0.502. The Morgan fingerprint density at radius 3 is 2.50 bits per heavy atom. The van der Waals surface area contributed by atoms with E-state index in [-0.39, 0.29) is 52.7 Å². The van der Waals surface area contributed by atoms with Crippen LogP contribution < -0.4 is 20.9 Å². The van der Waals surface area contributed by atoms with Crippen LogP contribution in [-0.2, 0) is 13.9 Å². The van der Waals surface area contributed by atoms with Crippen molar-refractivity contribution in [2.75, 3.05) is 42.6 Å². The van der Waals surface area contributed by atoms with Crippen LogP contribution in [0.4, 0.5) is 29.7 Å². The molecule has 3 N–H and O–H groups in total. The fourth-order valence-corrected chi connectivity index (χ4v) is 6.50. The third-order valence-corrected chi connectivity index (χ3v) is 12.8. The van der Waals surface area contributed by atoms with Crippen LogP contribution in [0.2, 0.25) is 18.1 Å². The number of ether oxygens (including phenoxy) is 2. The number of amides is 1. The number of morpholine rings is 1. The Bertz CT molecular complexity index is 1230. The molecule has 4 aliphatic rings. The van der Waals surface area contributed by atoms with Gasteiger partial charge in [-0.15, -0.1) is 0 Å². The molecule has 1 saturated carbocycles. The number of nitrogens with one attached hydrogen (secondary N) is 1. The van der Waals surface area contributed by atoms with Crippen molar-refractivity contribution in [2.45, 2.75) is 76.2 Å². The van der Waals surface area contributed by atoms with Crippen molar-refractivity contribution in [2.24, 2.45) is 10.7 Å². The predicted molar refractivity (Wildman–Crippen MR) is 146 cm³/mol. The summed E-state index contributed by atoms with van der Waals surface area (Å²) in [6.07, 6.45) is -4.79. The van der Waals surface area contributed by atoms with Gasteiger partial charge in [-0.3, -0.25) is 4.90 Å². The maximum Gasteiger partial charge on any atom is 0.431 e. The van der Waals surface area contributed by atoms with E-state index < -0.39 is 32.4 Å². The molecule has 3 aliphatic heterocycles. The fourth-order valence-electron chi connectivity index (χ4n) is 5.14. The van der Waals surface area contributed by atoms with Crippen molar-refractivity contribution in [1.29, 1.82) is 0 Å². The number of alkyl halides is 3. The van der Waals surface area contributed by atoms with Gasteiger partial charge in [-0.25, -0.2) is 14.8 Å². The van der Waals surface area contributed by atoms with Crippen molar-refractivity contribution in [3.8, 4) is 0 Å². The van der Waals surface area contributed by atoms with Gasteiger partial charge in [-0.2, -0.15) is 18.2 Å². The number of nitrogens with two attached hydrogens (primary N) is 1. The second-order valence-corrected chi connectivity index (χ2v) is 16.7. The number of aliphatic imine (C=N–C) groups is 1. The minimum Gasteiger partial charge on any atom is -0.441 e. The predicted octanol–water partition coefficient (Wildman–Crippen LogP) is 3.38. The number of nitrogens with zero attached hydrogens (tertiary/aromatic N) is 5. The van der Waals surface area contributed by atoms with Gasteiger partial charge in [0.05, 0.1) is 37.6 Å². The topological polar surface area (TPSA) is 127 Å². The van der Waals surface area contributed by atoms with Gasteiger partial charge in [-0.05, 0) is 31.0 Å². The van der Waals surface area contributed by atoms with Crippen LogP contribution in [0.3, 0.4) is 0 Å². The number of rotatable bonds is 5. The standard InChI is InChI=1S/C25H36F3N7O4Si/c1-24(2,3)40(4,5)39-17-7-6-16-19(17)38-23(36)35(16)18-12-15(31-22(32-18)34-8-10-37-11-9-34)14-13-30-21(29)33-20(14)25(26,27)28/h12,16-17,19H,6-11,13H2,1-5H3,(H3,29,30,33)/t16-,17-,19-/m1/s1. The molecule has 5 rings (SSSR count). The summed E-state index contributed by atoms with van der Waals surface area (Å²) in [6.45, 7) is 12.2. The van der Waals surface area contributed by atoms with Crippen molar-refractivity contribution in [3.63, 3.8) is 0 Å². The second kappa shape index (κ2) is 10.2. The van der Waals surface area contributed by atoms with E-state index in [0.717, 1.165) is 0 Å². The molecule has 40 heavy (non-hydrogen) atoms. The number of fused-ring (bicyclic) bond motifs is 1. The molecule has 0 unspecified atom stereocenters. The monoisotopic (exact) mass is 583 g/mol. The van der Waals surface area contributed by atoms with Gasteiger partial charge in [-0.1, -0.05) is 20.8 Å². The number of carbonyl (C=O) groups is 1. The number of carbonyl (C=O) groups excluding carboxylic acids is 1. The Labute approximate surface area is 232 Å². The first-order valence-electron chi connectivity index (χ1n) is 13.4. The van der Waals surface area contributed by atoms with Crippen molar-refractivity contribution in [1.82, 2.24) is 15.3 Å². The highest BCUT2D eigenvalue weighted by Crippen LogP contribution is 2.44. The van der Waals surface area contributed by atoms with Gasteiger partial charge in [0.2, 0.25) is 5.95 Å². The minimum absolute atomic E-state index is 0.00545. The van der Waals surface area contributed by atoms with Gasteiger partial charge in [0, 0.05) is 24.7 Å². The Morgan fingerprint density at radius 1 is 1.15 bits per heavy atom. The third kappa shape index (κ3) is 5.38. The van der Waals surface area contributed by atoms with Gasteiger partial charge in [0.25, 0.3) is 0 Å². The van der Waals surface area contributed by atoms with E-state index in [0.29, 0.717) is 39.1 Å². The molecule has 1 aliphatic carbocycles. The van der Waals surface area contributed by atoms with Crippen LogP contribution in [0, 0.1) is 0 Å². The molecular weight excluding hydrogens is 547 g/mol. The van der Waals surface area contributed by atoms with Crippen LogP contribution in [0.25, 0.3) is 5.57 Å². The molecule has 0 aromatic carbocycles. The highest BCUT2D eigenvalue weighted by atomic mass is 28.4. The lowest BCUT2D eigenvalue weighted by Crippen LogP contribution is -2.47. The number of hydrogen-bond donors (Lipinski definition) is 2. The van der Waals surface area contributed by atoms with E-state index in [1.807, 2.05) is 4.90 Å². The maximum atomic E-state index is 14.0. The first-order valence-corrected chi connectivity index (χ1v) is 16.3. The number of anilines is 2. The molecule has 2 saturated heterocycles. The first kappa shape index (κ1) is 28.6. The molecule has 1 aromatic rings. The summed E-state index contributed by atoms with van der Waals surface area (Å²) in [4.78, 5) is 29.6. The Hall–Kier alpha value is -2.91. The number of halogens is 3. The summed E-state index contributed by atoms with van der Waals surface area (Å²) in [5, 5.41) is 2.13. The summed E-state index contributed by atoms with van der Waals surface area (Å²) in [5.74, 6) is 0.0487. The largest absolute Gasteiger partial charge is 0.441 e. The molecule has 1 amide bonds. The molecule has 15 heteroatoms. The lowest BCUT2D eigenvalue weighted by atomic mass is 10.1. The second-order valence-electron chi connectivity index (χ2n) is 12.0. The minimum atomic E-state index is -4.72. The molecule has 3 atom stereocenters. The van der Waals surface area contributed by atoms with Crippen molar-refractivity contribution in [3.05, 3.63) is 17.5 Å². The number of allylic oxidation sites excluding steroid dienone is 1. The van der Waals surface area contributed by atoms with Crippen molar-refractivity contribution >= 4 is 37.7 Å². The SMILES string of the molecule is CC(C)(C)[Si](C)(C)O[C@@H]1CC[C@@H]2[C@H]1OC(=O)N2c1cc(C2=C(C(F)(F)F)NC(N)=NC2)nc(N2CCOCC2)n1. The van der Waals surface area contributed by atoms with E-state index in [1.165, 1.54) is 11.0 Å². The van der Waals surface area contributed by atoms with E-state index in [4.69, 9.17) is 19.6 Å². The molecule has 0 spiro atoms. The summed E-state index contributed by atoms with van der Waals surface area (Å²) in [6, 6.07) is 1.03. The van der Waals surface area contributed by atoms with Crippen LogP contribution >= 0.6 is 0 Å². The number of guanidine groups is 1. The van der Waals surface area contributed by atoms with Gasteiger partial charge in [0.1, 0.15) is 17.6 Å². The van der Waals surface area contributed by atoms with Crippen LogP contribution in [0.1, 0.15) is 39.3 Å². The maximum absolute atomic E-state index is 14.0. The molecular formula is C25H36F3N7O4Si. The molecule has 4 heterocycles. The van der Waals surface area contributed by atoms with Crippen LogP contribution in [0.5, 0.6) is 0 Å². The average Bonchev–Trinajstić information content (AvgIpc) is 3.40. The van der Waals surface area contributed by atoms with Crippen LogP contribution in [0.15, 0.2) is 16.8 Å². The van der Waals surface area contributed by atoms with Crippen LogP contribution in [-0.4, -0.2) is 87.6 Å². The number of aromatic nitrogens is 2. The first-order chi connectivity index (χ1) is 18.7. The van der Waals surface area contributed by atoms with Gasteiger partial charge in [0.15, 0.2) is 14.3 Å². The molecule has 11 nitrogen and oxygen atoms in total. The molecule has 220 valence electrons. The van der Waals surface area contributed by atoms with E-state index in [9.17, 15) is 18.0 Å².